The number of nitrogens with zero attached hydrogens (tertiary/aromatic N) is 1. The number of fused-ring (bicyclic) bond motifs is 2. The van der Waals surface area contributed by atoms with Crippen molar-refractivity contribution in [3.63, 3.8) is 0 Å². The molecule has 0 spiro atoms. The minimum Gasteiger partial charge on any atom is -0.490 e. The second-order valence-electron chi connectivity index (χ2n) is 12.3. The molecule has 200 valence electrons. The summed E-state index contributed by atoms with van der Waals surface area (Å²) in [7, 11) is 0. The van der Waals surface area contributed by atoms with Gasteiger partial charge in [0.15, 0.2) is 0 Å². The fraction of sp³-hybridized carbons (Fsp3) is 0.485. The molecule has 5 nitrogen and oxygen atoms in total. The molecule has 38 heavy (non-hydrogen) atoms. The number of rotatable bonds is 8. The first-order valence-corrected chi connectivity index (χ1v) is 14.3. The summed E-state index contributed by atoms with van der Waals surface area (Å²) in [6, 6.07) is 22.3. The summed E-state index contributed by atoms with van der Waals surface area (Å²) in [5, 5.41) is 5.07. The molecule has 1 heterocycles. The summed E-state index contributed by atoms with van der Waals surface area (Å²) >= 11 is 0. The van der Waals surface area contributed by atoms with Gasteiger partial charge < -0.3 is 14.8 Å². The molecule has 3 aromatic carbocycles. The Bertz CT molecular complexity index is 1270. The molecule has 2 saturated carbocycles. The highest BCUT2D eigenvalue weighted by atomic mass is 16.6. The molecule has 1 saturated heterocycles. The normalized spacial score (nSPS) is 26.9. The van der Waals surface area contributed by atoms with E-state index in [0.717, 1.165) is 59.3 Å². The molecule has 3 fully saturated rings. The van der Waals surface area contributed by atoms with Crippen LogP contribution >= 0.6 is 0 Å². The van der Waals surface area contributed by atoms with Gasteiger partial charge >= 0.3 is 0 Å². The maximum atomic E-state index is 13.1. The molecule has 4 atom stereocenters. The van der Waals surface area contributed by atoms with Crippen LogP contribution in [-0.4, -0.2) is 42.1 Å². The van der Waals surface area contributed by atoms with Crippen LogP contribution in [0.5, 0.6) is 5.75 Å². The maximum absolute atomic E-state index is 13.1. The van der Waals surface area contributed by atoms with Gasteiger partial charge in [0.05, 0.1) is 0 Å². The molecule has 1 N–H and O–H groups in total. The van der Waals surface area contributed by atoms with Crippen molar-refractivity contribution >= 4 is 16.7 Å². The summed E-state index contributed by atoms with van der Waals surface area (Å²) < 4.78 is 12.9. The van der Waals surface area contributed by atoms with E-state index in [-0.39, 0.29) is 23.8 Å². The van der Waals surface area contributed by atoms with E-state index in [1.54, 1.807) is 0 Å². The molecule has 0 aromatic heterocycles. The highest BCUT2D eigenvalue weighted by molar-refractivity contribution is 6.08. The third kappa shape index (κ3) is 5.06. The fourth-order valence-corrected chi connectivity index (χ4v) is 6.83. The summed E-state index contributed by atoms with van der Waals surface area (Å²) in [5.74, 6) is 3.50. The topological polar surface area (TPSA) is 50.8 Å². The fourth-order valence-electron chi connectivity index (χ4n) is 6.83. The third-order valence-corrected chi connectivity index (χ3v) is 8.85. The van der Waals surface area contributed by atoms with Crippen LogP contribution in [0.1, 0.15) is 68.6 Å². The molecule has 0 radical (unpaired) electrons. The number of carbonyl (C=O) groups excluding carboxylic acids is 1. The standard InChI is InChI=1S/C33H40N2O3/c1-33(2,3)35-20-23(38-32(35)22-10-5-4-6-11-22)21-37-30-17-16-29(26-12-7-8-13-28(26)30)31(36)34-19-18-27-24-14-9-15-25(24)27/h4-8,10-13,16-17,23-25,27,32H,9,14-15,18-21H2,1-3H3,(H,34,36). The quantitative estimate of drug-likeness (QED) is 0.370. The molecule has 1 aliphatic heterocycles. The van der Waals surface area contributed by atoms with Gasteiger partial charge in [-0.15, -0.1) is 0 Å². The lowest BCUT2D eigenvalue weighted by atomic mass is 10.0. The van der Waals surface area contributed by atoms with Crippen molar-refractivity contribution in [3.05, 3.63) is 77.9 Å². The first-order valence-electron chi connectivity index (χ1n) is 14.3. The summed E-state index contributed by atoms with van der Waals surface area (Å²) in [4.78, 5) is 15.5. The van der Waals surface area contributed by atoms with E-state index < -0.39 is 0 Å². The van der Waals surface area contributed by atoms with E-state index in [4.69, 9.17) is 9.47 Å². The van der Waals surface area contributed by atoms with Gasteiger partial charge in [0.2, 0.25) is 0 Å². The van der Waals surface area contributed by atoms with Gasteiger partial charge in [-0.1, -0.05) is 61.0 Å². The monoisotopic (exact) mass is 512 g/mol. The number of carbonyl (C=O) groups is 1. The lowest BCUT2D eigenvalue weighted by Crippen LogP contribution is -2.42. The summed E-state index contributed by atoms with van der Waals surface area (Å²) in [5.41, 5.74) is 1.84. The zero-order valence-corrected chi connectivity index (χ0v) is 22.9. The molecule has 1 amide bonds. The Morgan fingerprint density at radius 1 is 0.974 bits per heavy atom. The van der Waals surface area contributed by atoms with E-state index in [1.165, 1.54) is 19.3 Å². The average molecular weight is 513 g/mol. The number of benzene rings is 3. The highest BCUT2D eigenvalue weighted by Crippen LogP contribution is 2.58. The Balaban J connectivity index is 1.12. The Morgan fingerprint density at radius 3 is 2.42 bits per heavy atom. The smallest absolute Gasteiger partial charge is 0.251 e. The number of hydrogen-bond donors (Lipinski definition) is 1. The van der Waals surface area contributed by atoms with Gasteiger partial charge in [0, 0.05) is 29.6 Å². The summed E-state index contributed by atoms with van der Waals surface area (Å²) in [6.07, 6.45) is 5.14. The van der Waals surface area contributed by atoms with Crippen LogP contribution in [0.2, 0.25) is 0 Å². The van der Waals surface area contributed by atoms with Crippen LogP contribution in [0.15, 0.2) is 66.7 Å². The second kappa shape index (κ2) is 10.3. The first kappa shape index (κ1) is 25.4. The molecular formula is C33H40N2O3. The van der Waals surface area contributed by atoms with Gasteiger partial charge in [-0.3, -0.25) is 9.69 Å². The van der Waals surface area contributed by atoms with Gasteiger partial charge in [0.25, 0.3) is 5.91 Å². The van der Waals surface area contributed by atoms with Crippen LogP contribution in [0, 0.1) is 17.8 Å². The van der Waals surface area contributed by atoms with Crippen LogP contribution in [0.25, 0.3) is 10.8 Å². The molecule has 2 aliphatic carbocycles. The van der Waals surface area contributed by atoms with Crippen LogP contribution in [0.3, 0.4) is 0 Å². The number of hydrogen-bond acceptors (Lipinski definition) is 4. The number of nitrogens with one attached hydrogen (secondary N) is 1. The average Bonchev–Trinajstić information content (AvgIpc) is 3.27. The minimum atomic E-state index is -0.0946. The Kier molecular flexibility index (Phi) is 6.92. The van der Waals surface area contributed by atoms with Crippen LogP contribution in [-0.2, 0) is 4.74 Å². The Labute approximate surface area is 226 Å². The van der Waals surface area contributed by atoms with Crippen molar-refractivity contribution in [2.45, 2.75) is 64.3 Å². The predicted octanol–water partition coefficient (Wildman–Crippen LogP) is 6.58. The maximum Gasteiger partial charge on any atom is 0.251 e. The van der Waals surface area contributed by atoms with Crippen LogP contribution < -0.4 is 10.1 Å². The lowest BCUT2D eigenvalue weighted by molar-refractivity contribution is -0.0397. The van der Waals surface area contributed by atoms with Crippen molar-refractivity contribution < 1.29 is 14.3 Å². The van der Waals surface area contributed by atoms with Gasteiger partial charge in [-0.2, -0.15) is 0 Å². The molecule has 6 rings (SSSR count). The van der Waals surface area contributed by atoms with E-state index in [0.29, 0.717) is 12.2 Å². The van der Waals surface area contributed by atoms with E-state index in [1.807, 2.05) is 42.5 Å². The highest BCUT2D eigenvalue weighted by Gasteiger charge is 2.51. The Hall–Kier alpha value is -2.89. The van der Waals surface area contributed by atoms with E-state index >= 15 is 0 Å². The SMILES string of the molecule is CC(C)(C)N1CC(COc2ccc(C(=O)NCCC3C4CCCC43)c3ccccc23)OC1c1ccccc1. The van der Waals surface area contributed by atoms with E-state index in [9.17, 15) is 4.79 Å². The number of amides is 1. The molecule has 5 heteroatoms. The van der Waals surface area contributed by atoms with Gasteiger partial charge in [-0.05, 0) is 80.9 Å². The molecular weight excluding hydrogens is 472 g/mol. The molecule has 3 aliphatic rings. The van der Waals surface area contributed by atoms with Crippen molar-refractivity contribution in [2.24, 2.45) is 17.8 Å². The summed E-state index contributed by atoms with van der Waals surface area (Å²) in [6.45, 7) is 8.68. The third-order valence-electron chi connectivity index (χ3n) is 8.85. The first-order chi connectivity index (χ1) is 18.4. The van der Waals surface area contributed by atoms with E-state index in [2.05, 4.69) is 55.3 Å². The molecule has 0 bridgehead atoms. The minimum absolute atomic E-state index is 0.00390. The largest absolute Gasteiger partial charge is 0.490 e. The lowest BCUT2D eigenvalue weighted by Gasteiger charge is -2.35. The predicted molar refractivity (Wildman–Crippen MR) is 151 cm³/mol. The van der Waals surface area contributed by atoms with Crippen molar-refractivity contribution in [1.29, 1.82) is 0 Å². The second-order valence-corrected chi connectivity index (χ2v) is 12.3. The zero-order valence-electron chi connectivity index (χ0n) is 22.9. The van der Waals surface area contributed by atoms with Gasteiger partial charge in [-0.25, -0.2) is 0 Å². The van der Waals surface area contributed by atoms with Crippen molar-refractivity contribution in [3.8, 4) is 5.75 Å². The zero-order chi connectivity index (χ0) is 26.3. The van der Waals surface area contributed by atoms with Gasteiger partial charge in [0.1, 0.15) is 24.7 Å². The van der Waals surface area contributed by atoms with Crippen molar-refractivity contribution in [1.82, 2.24) is 10.2 Å². The Morgan fingerprint density at radius 2 is 1.68 bits per heavy atom. The van der Waals surface area contributed by atoms with Crippen molar-refractivity contribution in [2.75, 3.05) is 19.7 Å². The molecule has 4 unspecified atom stereocenters. The number of ether oxygens (including phenoxy) is 2. The molecule has 3 aromatic rings. The van der Waals surface area contributed by atoms with Crippen LogP contribution in [0.4, 0.5) is 0 Å².